The Balaban J connectivity index is 0.816. The molecule has 0 saturated heterocycles. The Hall–Kier alpha value is -6.40. The van der Waals surface area contributed by atoms with Crippen molar-refractivity contribution in [1.82, 2.24) is 10.6 Å². The van der Waals surface area contributed by atoms with Crippen molar-refractivity contribution in [3.63, 3.8) is 0 Å². The Bertz CT molecular complexity index is 2600. The fourth-order valence-corrected chi connectivity index (χ4v) is 12.6. The van der Waals surface area contributed by atoms with E-state index >= 15 is 0 Å². The van der Waals surface area contributed by atoms with Crippen LogP contribution in [0.4, 0.5) is 0 Å². The van der Waals surface area contributed by atoms with Gasteiger partial charge in [0, 0.05) is 47.9 Å². The number of ketones is 2. The Labute approximate surface area is 468 Å². The fourth-order valence-electron chi connectivity index (χ4n) is 12.6. The lowest BCUT2D eigenvalue weighted by atomic mass is 9.77. The molecule has 0 aliphatic heterocycles. The lowest BCUT2D eigenvalue weighted by molar-refractivity contribution is -0.128. The first-order valence-corrected chi connectivity index (χ1v) is 30.4. The van der Waals surface area contributed by atoms with Gasteiger partial charge in [-0.25, -0.2) is 0 Å². The number of hydrogen-bond acceptors (Lipinski definition) is 4. The number of amides is 2. The number of Topliss-reactive ketones (excluding diaryl/α,β-unsaturated/α-hetero) is 2. The van der Waals surface area contributed by atoms with Gasteiger partial charge in [-0.15, -0.1) is 0 Å². The maximum absolute atomic E-state index is 14.4. The minimum atomic E-state index is -0.171. The highest BCUT2D eigenvalue weighted by Crippen LogP contribution is 2.34. The van der Waals surface area contributed by atoms with Crippen molar-refractivity contribution in [2.45, 2.75) is 179 Å². The first-order chi connectivity index (χ1) is 38.3. The normalized spacial score (nSPS) is 18.0. The molecular weight excluding hydrogens is 957 g/mol. The zero-order valence-corrected chi connectivity index (χ0v) is 46.6. The predicted octanol–water partition coefficient (Wildman–Crippen LogP) is 16.7. The molecule has 4 atom stereocenters. The summed E-state index contributed by atoms with van der Waals surface area (Å²) in [5.74, 6) is 0.682. The van der Waals surface area contributed by atoms with Crippen molar-refractivity contribution in [1.29, 1.82) is 0 Å². The SMILES string of the molecule is O=C(CC1CCCC[C@@H](C(=O)NC(CCCc2ccccc2)CCCc2ccccc2)CC1)c1ccc(-c2ccc(C(=O)CC3CCCCCC[C@H]3C(=O)NC(CCCc3ccccc3)CCCc3ccccc3)cc2)cc1. The van der Waals surface area contributed by atoms with Crippen molar-refractivity contribution in [3.8, 4) is 11.1 Å². The monoisotopic (exact) mass is 1040 g/mol. The van der Waals surface area contributed by atoms with Gasteiger partial charge in [-0.05, 0) is 154 Å². The van der Waals surface area contributed by atoms with Crippen molar-refractivity contribution in [2.75, 3.05) is 0 Å². The molecule has 0 spiro atoms. The number of carbonyl (C=O) groups is 4. The first kappa shape index (κ1) is 57.8. The summed E-state index contributed by atoms with van der Waals surface area (Å²) in [5.41, 5.74) is 8.76. The summed E-state index contributed by atoms with van der Waals surface area (Å²) in [7, 11) is 0. The van der Waals surface area contributed by atoms with E-state index in [1.54, 1.807) is 0 Å². The van der Waals surface area contributed by atoms with Gasteiger partial charge in [0.15, 0.2) is 11.6 Å². The van der Waals surface area contributed by atoms with E-state index in [1.807, 2.05) is 48.5 Å². The summed E-state index contributed by atoms with van der Waals surface area (Å²) in [6, 6.07) is 58.6. The molecule has 2 aliphatic carbocycles. The molecule has 2 saturated carbocycles. The maximum Gasteiger partial charge on any atom is 0.223 e. The maximum atomic E-state index is 14.4. The molecule has 6 heteroatoms. The van der Waals surface area contributed by atoms with Gasteiger partial charge in [0.1, 0.15) is 0 Å². The number of aryl methyl sites for hydroxylation is 4. The predicted molar refractivity (Wildman–Crippen MR) is 321 cm³/mol. The zero-order chi connectivity index (χ0) is 54.0. The molecular formula is C72H88N2O4. The number of nitrogens with one attached hydrogen (secondary N) is 2. The lowest BCUT2D eigenvalue weighted by Gasteiger charge is -2.30. The highest BCUT2D eigenvalue weighted by Gasteiger charge is 2.32. The fraction of sp³-hybridized carbons (Fsp3) is 0.444. The van der Waals surface area contributed by atoms with Crippen LogP contribution in [0.5, 0.6) is 0 Å². The lowest BCUT2D eigenvalue weighted by Crippen LogP contribution is -2.42. The summed E-state index contributed by atoms with van der Waals surface area (Å²) < 4.78 is 0. The first-order valence-electron chi connectivity index (χ1n) is 30.4. The molecule has 0 bridgehead atoms. The third-order valence-electron chi connectivity index (χ3n) is 17.3. The molecule has 2 aliphatic rings. The molecule has 6 nitrogen and oxygen atoms in total. The summed E-state index contributed by atoms with van der Waals surface area (Å²) in [5, 5.41) is 7.08. The third-order valence-corrected chi connectivity index (χ3v) is 17.3. The van der Waals surface area contributed by atoms with Crippen LogP contribution in [0.3, 0.4) is 0 Å². The van der Waals surface area contributed by atoms with Gasteiger partial charge >= 0.3 is 0 Å². The van der Waals surface area contributed by atoms with Crippen LogP contribution in [-0.2, 0) is 35.3 Å². The van der Waals surface area contributed by atoms with Gasteiger partial charge in [-0.2, -0.15) is 0 Å². The van der Waals surface area contributed by atoms with Gasteiger partial charge in [0.2, 0.25) is 11.8 Å². The standard InChI is InChI=1S/C72H88N2O4/c75-69(53-59-31-17-18-36-64(44-43-59)71(77)73-66(38-19-32-55-23-7-3-8-24-55)39-20-33-56-25-9-4-10-26-56)62-49-45-60(46-50-62)61-47-51-63(52-48-61)70(76)54-65-37-15-1-2-16-42-68(65)72(78)74-67(40-21-34-57-27-11-5-12-28-57)41-22-35-58-29-13-6-14-30-58/h3-14,23-30,45-52,59,64-68H,1-2,15-22,31-44,53-54H2,(H,73,77)(H,74,78)/t59?,64-,65?,68-/m1/s1. The van der Waals surface area contributed by atoms with E-state index in [2.05, 4.69) is 132 Å². The van der Waals surface area contributed by atoms with Crippen molar-refractivity contribution in [3.05, 3.63) is 203 Å². The highest BCUT2D eigenvalue weighted by molar-refractivity contribution is 5.98. The molecule has 2 amide bonds. The Morgan fingerprint density at radius 3 is 1.21 bits per heavy atom. The summed E-state index contributed by atoms with van der Waals surface area (Å²) in [4.78, 5) is 56.2. The summed E-state index contributed by atoms with van der Waals surface area (Å²) in [6.07, 6.45) is 24.6. The minimum Gasteiger partial charge on any atom is -0.353 e. The van der Waals surface area contributed by atoms with Gasteiger partial charge < -0.3 is 10.6 Å². The van der Waals surface area contributed by atoms with Crippen LogP contribution in [0.2, 0.25) is 0 Å². The second-order valence-corrected chi connectivity index (χ2v) is 23.1. The number of carbonyl (C=O) groups excluding carboxylic acids is 4. The van der Waals surface area contributed by atoms with E-state index in [0.717, 1.165) is 171 Å². The molecule has 2 fully saturated rings. The van der Waals surface area contributed by atoms with E-state index in [4.69, 9.17) is 0 Å². The Morgan fingerprint density at radius 1 is 0.372 bits per heavy atom. The third kappa shape index (κ3) is 19.2. The molecule has 0 heterocycles. The number of hydrogen-bond donors (Lipinski definition) is 2. The average Bonchev–Trinajstić information content (AvgIpc) is 3.47. The molecule has 0 radical (unpaired) electrons. The Morgan fingerprint density at radius 2 is 0.756 bits per heavy atom. The molecule has 2 unspecified atom stereocenters. The van der Waals surface area contributed by atoms with E-state index < -0.39 is 0 Å². The van der Waals surface area contributed by atoms with Crippen LogP contribution < -0.4 is 10.6 Å². The molecule has 2 N–H and O–H groups in total. The van der Waals surface area contributed by atoms with Crippen molar-refractivity contribution >= 4 is 23.4 Å². The summed E-state index contributed by atoms with van der Waals surface area (Å²) >= 11 is 0. The summed E-state index contributed by atoms with van der Waals surface area (Å²) in [6.45, 7) is 0. The van der Waals surface area contributed by atoms with E-state index in [0.29, 0.717) is 18.4 Å². The number of benzene rings is 6. The zero-order valence-electron chi connectivity index (χ0n) is 46.6. The topological polar surface area (TPSA) is 92.3 Å². The quantitative estimate of drug-likeness (QED) is 0.0503. The molecule has 0 aromatic heterocycles. The molecule has 410 valence electrons. The number of rotatable bonds is 27. The molecule has 6 aromatic rings. The second-order valence-electron chi connectivity index (χ2n) is 23.1. The largest absolute Gasteiger partial charge is 0.353 e. The molecule has 6 aromatic carbocycles. The molecule has 8 rings (SSSR count). The average molecular weight is 1050 g/mol. The van der Waals surface area contributed by atoms with E-state index in [-0.39, 0.29) is 59.1 Å². The van der Waals surface area contributed by atoms with Crippen LogP contribution in [0.25, 0.3) is 11.1 Å². The molecule has 78 heavy (non-hydrogen) atoms. The van der Waals surface area contributed by atoms with Crippen LogP contribution in [-0.4, -0.2) is 35.5 Å². The van der Waals surface area contributed by atoms with Crippen LogP contribution in [0.1, 0.15) is 184 Å². The van der Waals surface area contributed by atoms with Gasteiger partial charge in [0.25, 0.3) is 0 Å². The van der Waals surface area contributed by atoms with Crippen LogP contribution in [0, 0.1) is 23.7 Å². The Kier molecular flexibility index (Phi) is 23.6. The second kappa shape index (κ2) is 31.9. The smallest absolute Gasteiger partial charge is 0.223 e. The minimum absolute atomic E-state index is 0.0130. The van der Waals surface area contributed by atoms with Crippen molar-refractivity contribution < 1.29 is 19.2 Å². The van der Waals surface area contributed by atoms with E-state index in [1.165, 1.54) is 22.3 Å². The van der Waals surface area contributed by atoms with Gasteiger partial charge in [-0.1, -0.05) is 215 Å². The van der Waals surface area contributed by atoms with Crippen LogP contribution in [0.15, 0.2) is 170 Å². The highest BCUT2D eigenvalue weighted by atomic mass is 16.2. The van der Waals surface area contributed by atoms with Crippen LogP contribution >= 0.6 is 0 Å². The van der Waals surface area contributed by atoms with Crippen molar-refractivity contribution in [2.24, 2.45) is 23.7 Å². The van der Waals surface area contributed by atoms with Gasteiger partial charge in [0.05, 0.1) is 0 Å². The van der Waals surface area contributed by atoms with E-state index in [9.17, 15) is 19.2 Å². The van der Waals surface area contributed by atoms with Gasteiger partial charge in [-0.3, -0.25) is 19.2 Å².